The van der Waals surface area contributed by atoms with Crippen molar-refractivity contribution in [1.29, 1.82) is 0 Å². The molecule has 1 atom stereocenters. The molecule has 0 aromatic heterocycles. The molecule has 21 heavy (non-hydrogen) atoms. The van der Waals surface area contributed by atoms with Crippen molar-refractivity contribution in [1.82, 2.24) is 5.32 Å². The van der Waals surface area contributed by atoms with Crippen LogP contribution < -0.4 is 5.32 Å². The fourth-order valence-corrected chi connectivity index (χ4v) is 2.29. The Morgan fingerprint density at radius 2 is 1.95 bits per heavy atom. The van der Waals surface area contributed by atoms with E-state index in [1.165, 1.54) is 12.1 Å². The van der Waals surface area contributed by atoms with Crippen molar-refractivity contribution in [3.63, 3.8) is 0 Å². The molecule has 0 radical (unpaired) electrons. The minimum atomic E-state index is -0.486. The van der Waals surface area contributed by atoms with Crippen LogP contribution in [0.5, 0.6) is 0 Å². The lowest BCUT2D eigenvalue weighted by molar-refractivity contribution is -0.385. The monoisotopic (exact) mass is 288 g/mol. The highest BCUT2D eigenvalue weighted by Gasteiger charge is 2.16. The van der Waals surface area contributed by atoms with Gasteiger partial charge in [-0.15, -0.1) is 0 Å². The second kappa shape index (κ2) is 6.95. The Labute approximate surface area is 122 Å². The van der Waals surface area contributed by atoms with Gasteiger partial charge >= 0.3 is 0 Å². The normalized spacial score (nSPS) is 12.1. The third-order valence-electron chi connectivity index (χ3n) is 3.39. The lowest BCUT2D eigenvalue weighted by Crippen LogP contribution is -2.20. The second-order valence-electron chi connectivity index (χ2n) is 4.78. The number of benzene rings is 2. The van der Waals surface area contributed by atoms with Gasteiger partial charge in [-0.1, -0.05) is 37.3 Å². The van der Waals surface area contributed by atoms with E-state index in [1.807, 2.05) is 37.3 Å². The maximum Gasteiger partial charge on any atom is 0.274 e. The van der Waals surface area contributed by atoms with Gasteiger partial charge in [0.25, 0.3) is 5.69 Å². The maximum absolute atomic E-state index is 13.3. The highest BCUT2D eigenvalue weighted by molar-refractivity contribution is 5.40. The number of hydrogen-bond acceptors (Lipinski definition) is 3. The summed E-state index contributed by atoms with van der Waals surface area (Å²) in [5.74, 6) is -0.467. The van der Waals surface area contributed by atoms with Crippen molar-refractivity contribution in [3.05, 3.63) is 75.6 Å². The van der Waals surface area contributed by atoms with Crippen molar-refractivity contribution in [3.8, 4) is 0 Å². The average Bonchev–Trinajstić information content (AvgIpc) is 2.48. The van der Waals surface area contributed by atoms with Crippen LogP contribution in [0.15, 0.2) is 48.5 Å². The van der Waals surface area contributed by atoms with Gasteiger partial charge in [0.05, 0.1) is 4.92 Å². The molecule has 2 rings (SSSR count). The van der Waals surface area contributed by atoms with Gasteiger partial charge in [0.1, 0.15) is 5.82 Å². The third-order valence-corrected chi connectivity index (χ3v) is 3.39. The summed E-state index contributed by atoms with van der Waals surface area (Å²) in [7, 11) is 0. The quantitative estimate of drug-likeness (QED) is 0.646. The van der Waals surface area contributed by atoms with Gasteiger partial charge in [0.15, 0.2) is 0 Å². The Bertz CT molecular complexity index is 617. The van der Waals surface area contributed by atoms with Gasteiger partial charge in [-0.25, -0.2) is 4.39 Å². The molecule has 4 nitrogen and oxygen atoms in total. The standard InChI is InChI=1S/C16H17FN2O2/c1-2-15(12-6-4-3-5-7-12)18-11-13-10-14(17)8-9-16(13)19(20)21/h3-10,15,18H,2,11H2,1H3. The molecule has 0 saturated heterocycles. The zero-order chi connectivity index (χ0) is 15.2. The summed E-state index contributed by atoms with van der Waals surface area (Å²) in [4.78, 5) is 10.5. The van der Waals surface area contributed by atoms with Gasteiger partial charge in [-0.3, -0.25) is 10.1 Å². The maximum atomic E-state index is 13.3. The molecule has 0 fully saturated rings. The minimum Gasteiger partial charge on any atom is -0.306 e. The van der Waals surface area contributed by atoms with Crippen LogP contribution in [0.3, 0.4) is 0 Å². The van der Waals surface area contributed by atoms with Crippen LogP contribution >= 0.6 is 0 Å². The highest BCUT2D eigenvalue weighted by Crippen LogP contribution is 2.22. The van der Waals surface area contributed by atoms with Gasteiger partial charge < -0.3 is 5.32 Å². The van der Waals surface area contributed by atoms with Crippen LogP contribution in [-0.4, -0.2) is 4.92 Å². The van der Waals surface area contributed by atoms with Crippen LogP contribution in [0, 0.1) is 15.9 Å². The van der Waals surface area contributed by atoms with E-state index in [4.69, 9.17) is 0 Å². The van der Waals surface area contributed by atoms with E-state index in [2.05, 4.69) is 5.32 Å². The number of nitrogens with one attached hydrogen (secondary N) is 1. The van der Waals surface area contributed by atoms with Gasteiger partial charge in [-0.2, -0.15) is 0 Å². The van der Waals surface area contributed by atoms with Gasteiger partial charge in [-0.05, 0) is 24.1 Å². The minimum absolute atomic E-state index is 0.0631. The topological polar surface area (TPSA) is 55.2 Å². The molecule has 0 aliphatic carbocycles. The molecule has 0 heterocycles. The summed E-state index contributed by atoms with van der Waals surface area (Å²) < 4.78 is 13.3. The van der Waals surface area contributed by atoms with Crippen molar-refractivity contribution < 1.29 is 9.31 Å². The van der Waals surface area contributed by atoms with Crippen LogP contribution in [0.2, 0.25) is 0 Å². The number of rotatable bonds is 6. The van der Waals surface area contributed by atoms with E-state index in [1.54, 1.807) is 0 Å². The van der Waals surface area contributed by atoms with Crippen LogP contribution in [0.4, 0.5) is 10.1 Å². The molecule has 0 aliphatic rings. The SMILES string of the molecule is CCC(NCc1cc(F)ccc1[N+](=O)[O-])c1ccccc1. The van der Waals surface area contributed by atoms with Crippen molar-refractivity contribution in [2.45, 2.75) is 25.9 Å². The molecular weight excluding hydrogens is 271 g/mol. The number of nitro groups is 1. The Hall–Kier alpha value is -2.27. The fourth-order valence-electron chi connectivity index (χ4n) is 2.29. The number of hydrogen-bond donors (Lipinski definition) is 1. The predicted octanol–water partition coefficient (Wildman–Crippen LogP) is 3.97. The third kappa shape index (κ3) is 3.86. The molecule has 1 unspecified atom stereocenters. The van der Waals surface area contributed by atoms with Crippen LogP contribution in [-0.2, 0) is 6.54 Å². The van der Waals surface area contributed by atoms with Crippen molar-refractivity contribution in [2.75, 3.05) is 0 Å². The zero-order valence-electron chi connectivity index (χ0n) is 11.8. The van der Waals surface area contributed by atoms with Crippen molar-refractivity contribution >= 4 is 5.69 Å². The first-order valence-electron chi connectivity index (χ1n) is 6.83. The smallest absolute Gasteiger partial charge is 0.274 e. The Morgan fingerprint density at radius 1 is 1.24 bits per heavy atom. The second-order valence-corrected chi connectivity index (χ2v) is 4.78. The summed E-state index contributed by atoms with van der Waals surface area (Å²) >= 11 is 0. The van der Waals surface area contributed by atoms with Gasteiger partial charge in [0, 0.05) is 24.2 Å². The molecule has 0 amide bonds. The predicted molar refractivity (Wildman–Crippen MR) is 79.4 cm³/mol. The zero-order valence-corrected chi connectivity index (χ0v) is 11.8. The van der Waals surface area contributed by atoms with E-state index in [0.29, 0.717) is 5.56 Å². The molecule has 0 spiro atoms. The molecule has 5 heteroatoms. The summed E-state index contributed by atoms with van der Waals surface area (Å²) in [5, 5.41) is 14.2. The summed E-state index contributed by atoms with van der Waals surface area (Å²) in [6.45, 7) is 2.28. The molecule has 0 aliphatic heterocycles. The summed E-state index contributed by atoms with van der Waals surface area (Å²) in [6, 6.07) is 13.4. The number of nitro benzene ring substituents is 1. The van der Waals surface area contributed by atoms with E-state index in [-0.39, 0.29) is 18.3 Å². The van der Waals surface area contributed by atoms with Crippen LogP contribution in [0.1, 0.15) is 30.5 Å². The molecule has 0 bridgehead atoms. The van der Waals surface area contributed by atoms with E-state index < -0.39 is 10.7 Å². The number of halogens is 1. The molecule has 2 aromatic rings. The Morgan fingerprint density at radius 3 is 2.57 bits per heavy atom. The highest BCUT2D eigenvalue weighted by atomic mass is 19.1. The van der Waals surface area contributed by atoms with Crippen LogP contribution in [0.25, 0.3) is 0 Å². The molecule has 0 saturated carbocycles. The summed E-state index contributed by atoms with van der Waals surface area (Å²) in [5.41, 5.74) is 1.40. The van der Waals surface area contributed by atoms with E-state index in [9.17, 15) is 14.5 Å². The molecule has 1 N–H and O–H groups in total. The lowest BCUT2D eigenvalue weighted by atomic mass is 10.0. The first-order valence-corrected chi connectivity index (χ1v) is 6.83. The Balaban J connectivity index is 2.15. The molecule has 110 valence electrons. The largest absolute Gasteiger partial charge is 0.306 e. The molecule has 2 aromatic carbocycles. The van der Waals surface area contributed by atoms with Gasteiger partial charge in [0.2, 0.25) is 0 Å². The summed E-state index contributed by atoms with van der Waals surface area (Å²) in [6.07, 6.45) is 0.840. The molecular formula is C16H17FN2O2. The van der Waals surface area contributed by atoms with E-state index >= 15 is 0 Å². The first kappa shape index (κ1) is 15.1. The van der Waals surface area contributed by atoms with E-state index in [0.717, 1.165) is 18.1 Å². The van der Waals surface area contributed by atoms with Crippen molar-refractivity contribution in [2.24, 2.45) is 0 Å². The average molecular weight is 288 g/mol. The first-order chi connectivity index (χ1) is 10.1. The fraction of sp³-hybridized carbons (Fsp3) is 0.250. The lowest BCUT2D eigenvalue weighted by Gasteiger charge is -2.17. The number of nitrogens with zero attached hydrogens (tertiary/aromatic N) is 1. The Kier molecular flexibility index (Phi) is 5.00.